The molecule has 0 spiro atoms. The molecule has 23 heavy (non-hydrogen) atoms. The number of rotatable bonds is 4. The number of amides is 1. The monoisotopic (exact) mass is 314 g/mol. The Morgan fingerprint density at radius 2 is 1.96 bits per heavy atom. The highest BCUT2D eigenvalue weighted by Crippen LogP contribution is 2.40. The third-order valence-electron chi connectivity index (χ3n) is 3.72. The van der Waals surface area contributed by atoms with Gasteiger partial charge in [0.25, 0.3) is 5.91 Å². The molecule has 0 aromatic heterocycles. The molecule has 120 valence electrons. The topological polar surface area (TPSA) is 96.0 Å². The normalized spacial score (nSPS) is 18.3. The van der Waals surface area contributed by atoms with Crippen LogP contribution in [-0.4, -0.2) is 35.4 Å². The number of hydrogen-bond donors (Lipinski definition) is 3. The summed E-state index contributed by atoms with van der Waals surface area (Å²) < 4.78 is 5.84. The van der Waals surface area contributed by atoms with Gasteiger partial charge >= 0.3 is 0 Å². The zero-order valence-corrected chi connectivity index (χ0v) is 12.4. The number of aliphatic hydroxyl groups is 2. The molecule has 3 rings (SSSR count). The number of β-amino-alcohol motifs (C(OH)–C–C–N with tert-alkyl or cyclic N) is 1. The Bertz CT molecular complexity index is 705. The molecule has 2 unspecified atom stereocenters. The quantitative estimate of drug-likeness (QED) is 0.734. The number of nitrogens with two attached hydrogens (primary N) is 1. The van der Waals surface area contributed by atoms with Gasteiger partial charge in [0.05, 0.1) is 24.9 Å². The summed E-state index contributed by atoms with van der Waals surface area (Å²) in [6, 6.07) is 14.1. The predicted molar refractivity (Wildman–Crippen MR) is 86.1 cm³/mol. The number of nitrogens with zero attached hydrogens (tertiary/aromatic N) is 1. The van der Waals surface area contributed by atoms with Gasteiger partial charge in [-0.15, -0.1) is 0 Å². The second kappa shape index (κ2) is 6.28. The summed E-state index contributed by atoms with van der Waals surface area (Å²) in [5.41, 5.74) is 7.57. The van der Waals surface area contributed by atoms with Crippen LogP contribution in [0, 0.1) is 0 Å². The number of nitrogen functional groups attached to an aromatic ring is 1. The molecule has 2 atom stereocenters. The molecule has 0 bridgehead atoms. The van der Waals surface area contributed by atoms with Gasteiger partial charge in [0.2, 0.25) is 6.10 Å². The number of benzene rings is 2. The van der Waals surface area contributed by atoms with Crippen molar-refractivity contribution in [3.8, 4) is 5.75 Å². The van der Waals surface area contributed by atoms with Crippen LogP contribution in [0.3, 0.4) is 0 Å². The molecule has 1 heterocycles. The lowest BCUT2D eigenvalue weighted by Crippen LogP contribution is -2.45. The van der Waals surface area contributed by atoms with E-state index in [4.69, 9.17) is 15.6 Å². The molecule has 1 aliphatic rings. The summed E-state index contributed by atoms with van der Waals surface area (Å²) in [7, 11) is 0. The van der Waals surface area contributed by atoms with Crippen LogP contribution < -0.4 is 15.4 Å². The number of carbonyl (C=O) groups excluding carboxylic acids is 1. The van der Waals surface area contributed by atoms with Crippen molar-refractivity contribution in [3.05, 3.63) is 54.1 Å². The molecule has 6 heteroatoms. The summed E-state index contributed by atoms with van der Waals surface area (Å²) in [6.07, 6.45) is -1.84. The van der Waals surface area contributed by atoms with Crippen molar-refractivity contribution < 1.29 is 19.7 Å². The first-order valence-corrected chi connectivity index (χ1v) is 7.31. The molecule has 6 nitrogen and oxygen atoms in total. The summed E-state index contributed by atoms with van der Waals surface area (Å²) in [5, 5.41) is 18.8. The summed E-state index contributed by atoms with van der Waals surface area (Å²) >= 11 is 0. The SMILES string of the molecule is Nc1ccc2c(c1)OC(c1ccccc1)C(=O)N2CC(O)CO. The van der Waals surface area contributed by atoms with E-state index in [2.05, 4.69) is 0 Å². The number of ether oxygens (including phenoxy) is 1. The van der Waals surface area contributed by atoms with E-state index in [-0.39, 0.29) is 12.5 Å². The average molecular weight is 314 g/mol. The Morgan fingerprint density at radius 1 is 1.22 bits per heavy atom. The Kier molecular flexibility index (Phi) is 4.18. The molecule has 1 aliphatic heterocycles. The third-order valence-corrected chi connectivity index (χ3v) is 3.72. The second-order valence-electron chi connectivity index (χ2n) is 5.42. The van der Waals surface area contributed by atoms with E-state index in [1.807, 2.05) is 18.2 Å². The first kappa shape index (κ1) is 15.3. The largest absolute Gasteiger partial charge is 0.474 e. The zero-order chi connectivity index (χ0) is 16.4. The lowest BCUT2D eigenvalue weighted by Gasteiger charge is -2.35. The Labute approximate surface area is 133 Å². The van der Waals surface area contributed by atoms with Crippen molar-refractivity contribution in [2.45, 2.75) is 12.2 Å². The minimum absolute atomic E-state index is 0.0149. The van der Waals surface area contributed by atoms with Gasteiger partial charge < -0.3 is 25.6 Å². The lowest BCUT2D eigenvalue weighted by molar-refractivity contribution is -0.127. The molecule has 0 fully saturated rings. The van der Waals surface area contributed by atoms with Crippen LogP contribution in [-0.2, 0) is 4.79 Å². The minimum Gasteiger partial charge on any atom is -0.474 e. The summed E-state index contributed by atoms with van der Waals surface area (Å²) in [6.45, 7) is -0.441. The Hall–Kier alpha value is -2.57. The highest BCUT2D eigenvalue weighted by Gasteiger charge is 2.36. The van der Waals surface area contributed by atoms with E-state index in [1.165, 1.54) is 4.90 Å². The highest BCUT2D eigenvalue weighted by molar-refractivity contribution is 6.00. The fourth-order valence-electron chi connectivity index (χ4n) is 2.58. The molecule has 0 radical (unpaired) electrons. The zero-order valence-electron chi connectivity index (χ0n) is 12.4. The van der Waals surface area contributed by atoms with E-state index >= 15 is 0 Å². The Balaban J connectivity index is 2.02. The molecule has 2 aromatic rings. The maximum absolute atomic E-state index is 12.8. The van der Waals surface area contributed by atoms with Crippen molar-refractivity contribution in [3.63, 3.8) is 0 Å². The molecule has 4 N–H and O–H groups in total. The van der Waals surface area contributed by atoms with Crippen LogP contribution in [0.4, 0.5) is 11.4 Å². The van der Waals surface area contributed by atoms with Crippen LogP contribution in [0.2, 0.25) is 0 Å². The minimum atomic E-state index is -1.03. The molecule has 1 amide bonds. The number of aliphatic hydroxyl groups excluding tert-OH is 2. The molecule has 2 aromatic carbocycles. The van der Waals surface area contributed by atoms with Crippen molar-refractivity contribution in [1.82, 2.24) is 0 Å². The standard InChI is InChI=1S/C17H18N2O4/c18-12-6-7-14-15(8-12)23-16(11-4-2-1-3-5-11)17(22)19(14)9-13(21)10-20/h1-8,13,16,20-21H,9-10,18H2. The predicted octanol–water partition coefficient (Wildman–Crippen LogP) is 1.09. The van der Waals surface area contributed by atoms with E-state index in [9.17, 15) is 9.90 Å². The molecular weight excluding hydrogens is 296 g/mol. The van der Waals surface area contributed by atoms with Gasteiger partial charge in [0, 0.05) is 17.3 Å². The van der Waals surface area contributed by atoms with Crippen molar-refractivity contribution in [1.29, 1.82) is 0 Å². The van der Waals surface area contributed by atoms with Crippen LogP contribution in [0.1, 0.15) is 11.7 Å². The number of hydrogen-bond acceptors (Lipinski definition) is 5. The first-order chi connectivity index (χ1) is 11.1. The van der Waals surface area contributed by atoms with Gasteiger partial charge in [-0.2, -0.15) is 0 Å². The van der Waals surface area contributed by atoms with Crippen molar-refractivity contribution in [2.24, 2.45) is 0 Å². The summed E-state index contributed by atoms with van der Waals surface area (Å²) in [5.74, 6) is 0.185. The van der Waals surface area contributed by atoms with E-state index in [0.717, 1.165) is 0 Å². The fraction of sp³-hybridized carbons (Fsp3) is 0.235. The molecule has 0 saturated carbocycles. The smallest absolute Gasteiger partial charge is 0.272 e. The van der Waals surface area contributed by atoms with Gasteiger partial charge in [-0.1, -0.05) is 30.3 Å². The van der Waals surface area contributed by atoms with Crippen LogP contribution in [0.5, 0.6) is 5.75 Å². The second-order valence-corrected chi connectivity index (χ2v) is 5.42. The molecular formula is C17H18N2O4. The number of fused-ring (bicyclic) bond motifs is 1. The van der Waals surface area contributed by atoms with E-state index < -0.39 is 18.8 Å². The van der Waals surface area contributed by atoms with Crippen LogP contribution in [0.15, 0.2) is 48.5 Å². The van der Waals surface area contributed by atoms with E-state index in [1.54, 1.807) is 30.3 Å². The maximum Gasteiger partial charge on any atom is 0.272 e. The molecule has 0 saturated heterocycles. The van der Waals surface area contributed by atoms with Crippen LogP contribution >= 0.6 is 0 Å². The Morgan fingerprint density at radius 3 is 2.65 bits per heavy atom. The van der Waals surface area contributed by atoms with Gasteiger partial charge in [-0.3, -0.25) is 4.79 Å². The van der Waals surface area contributed by atoms with E-state index in [0.29, 0.717) is 22.7 Å². The fourth-order valence-corrected chi connectivity index (χ4v) is 2.58. The maximum atomic E-state index is 12.8. The van der Waals surface area contributed by atoms with Crippen molar-refractivity contribution in [2.75, 3.05) is 23.8 Å². The number of carbonyl (C=O) groups is 1. The van der Waals surface area contributed by atoms with Gasteiger partial charge in [-0.05, 0) is 12.1 Å². The van der Waals surface area contributed by atoms with Crippen LogP contribution in [0.25, 0.3) is 0 Å². The lowest BCUT2D eigenvalue weighted by atomic mass is 10.0. The molecule has 0 aliphatic carbocycles. The van der Waals surface area contributed by atoms with Crippen molar-refractivity contribution >= 4 is 17.3 Å². The first-order valence-electron chi connectivity index (χ1n) is 7.31. The number of anilines is 2. The average Bonchev–Trinajstić information content (AvgIpc) is 2.57. The summed E-state index contributed by atoms with van der Waals surface area (Å²) in [4.78, 5) is 14.2. The van der Waals surface area contributed by atoms with Gasteiger partial charge in [-0.25, -0.2) is 0 Å². The van der Waals surface area contributed by atoms with Gasteiger partial charge in [0.1, 0.15) is 5.75 Å². The third kappa shape index (κ3) is 2.99. The van der Waals surface area contributed by atoms with Gasteiger partial charge in [0.15, 0.2) is 0 Å². The highest BCUT2D eigenvalue weighted by atomic mass is 16.5.